The van der Waals surface area contributed by atoms with Crippen LogP contribution in [0.4, 0.5) is 4.39 Å². The van der Waals surface area contributed by atoms with Gasteiger partial charge in [-0.05, 0) is 31.4 Å². The van der Waals surface area contributed by atoms with Crippen LogP contribution < -0.4 is 0 Å². The molecule has 4 nitrogen and oxygen atoms in total. The van der Waals surface area contributed by atoms with Crippen molar-refractivity contribution in [2.24, 2.45) is 5.41 Å². The summed E-state index contributed by atoms with van der Waals surface area (Å²) in [5.41, 5.74) is -0.640. The van der Waals surface area contributed by atoms with Crippen LogP contribution in [0.2, 0.25) is 5.02 Å². The number of aliphatic carboxylic acids is 1. The number of benzene rings is 1. The zero-order valence-corrected chi connectivity index (χ0v) is 12.5. The second-order valence-corrected chi connectivity index (χ2v) is 5.71. The average Bonchev–Trinajstić information content (AvgIpc) is 2.49. The van der Waals surface area contributed by atoms with Crippen LogP contribution in [0.3, 0.4) is 0 Å². The third kappa shape index (κ3) is 2.88. The molecule has 114 valence electrons. The molecule has 0 aliphatic carbocycles. The van der Waals surface area contributed by atoms with E-state index in [0.717, 1.165) is 0 Å². The zero-order chi connectivity index (χ0) is 15.6. The van der Waals surface area contributed by atoms with Crippen LogP contribution in [-0.2, 0) is 4.79 Å². The number of carbonyl (C=O) groups is 2. The molecule has 0 aromatic heterocycles. The van der Waals surface area contributed by atoms with Gasteiger partial charge in [0.25, 0.3) is 5.91 Å². The number of piperidine rings is 1. The standard InChI is InChI=1S/C15H17ClFNO3/c1-2-15(14(20)21)6-8-18(9-7-15)13(19)10-4-3-5-11(17)12(10)16/h3-5H,2,6-9H2,1H3,(H,20,21). The van der Waals surface area contributed by atoms with Gasteiger partial charge in [-0.25, -0.2) is 4.39 Å². The second kappa shape index (κ2) is 6.02. The van der Waals surface area contributed by atoms with Crippen molar-refractivity contribution in [2.45, 2.75) is 26.2 Å². The maximum atomic E-state index is 13.4. The van der Waals surface area contributed by atoms with Crippen molar-refractivity contribution < 1.29 is 19.1 Å². The van der Waals surface area contributed by atoms with E-state index >= 15 is 0 Å². The van der Waals surface area contributed by atoms with E-state index in [2.05, 4.69) is 0 Å². The average molecular weight is 314 g/mol. The van der Waals surface area contributed by atoms with E-state index in [0.29, 0.717) is 32.4 Å². The highest BCUT2D eigenvalue weighted by atomic mass is 35.5. The zero-order valence-electron chi connectivity index (χ0n) is 11.7. The fraction of sp³-hybridized carbons (Fsp3) is 0.467. The van der Waals surface area contributed by atoms with Crippen molar-refractivity contribution in [3.63, 3.8) is 0 Å². The molecule has 1 N–H and O–H groups in total. The van der Waals surface area contributed by atoms with Gasteiger partial charge in [-0.2, -0.15) is 0 Å². The summed E-state index contributed by atoms with van der Waals surface area (Å²) in [4.78, 5) is 25.3. The number of halogens is 2. The van der Waals surface area contributed by atoms with E-state index in [1.54, 1.807) is 0 Å². The van der Waals surface area contributed by atoms with E-state index < -0.39 is 17.2 Å². The lowest BCUT2D eigenvalue weighted by atomic mass is 9.76. The Kier molecular flexibility index (Phi) is 4.52. The van der Waals surface area contributed by atoms with E-state index in [4.69, 9.17) is 11.6 Å². The van der Waals surface area contributed by atoms with E-state index in [1.165, 1.54) is 23.1 Å². The monoisotopic (exact) mass is 313 g/mol. The maximum absolute atomic E-state index is 13.4. The minimum absolute atomic E-state index is 0.121. The SMILES string of the molecule is CCC1(C(=O)O)CCN(C(=O)c2cccc(F)c2Cl)CC1. The summed E-state index contributed by atoms with van der Waals surface area (Å²) in [7, 11) is 0. The van der Waals surface area contributed by atoms with Gasteiger partial charge < -0.3 is 10.0 Å². The van der Waals surface area contributed by atoms with Gasteiger partial charge in [0.05, 0.1) is 16.0 Å². The minimum Gasteiger partial charge on any atom is -0.481 e. The number of hydrogen-bond acceptors (Lipinski definition) is 2. The lowest BCUT2D eigenvalue weighted by Gasteiger charge is -2.38. The minimum atomic E-state index is -0.819. The summed E-state index contributed by atoms with van der Waals surface area (Å²) >= 11 is 5.82. The Morgan fingerprint density at radius 3 is 2.52 bits per heavy atom. The van der Waals surface area contributed by atoms with Crippen molar-refractivity contribution in [1.29, 1.82) is 0 Å². The fourth-order valence-electron chi connectivity index (χ4n) is 2.70. The molecule has 1 aliphatic heterocycles. The van der Waals surface area contributed by atoms with E-state index in [9.17, 15) is 19.1 Å². The highest BCUT2D eigenvalue weighted by Crippen LogP contribution is 2.36. The van der Waals surface area contributed by atoms with Crippen LogP contribution in [0.15, 0.2) is 18.2 Å². The molecule has 0 bridgehead atoms. The van der Waals surface area contributed by atoms with Gasteiger partial charge in [0.15, 0.2) is 0 Å². The van der Waals surface area contributed by atoms with Crippen molar-refractivity contribution in [3.05, 3.63) is 34.6 Å². The predicted molar refractivity (Wildman–Crippen MR) is 76.9 cm³/mol. The van der Waals surface area contributed by atoms with Crippen molar-refractivity contribution >= 4 is 23.5 Å². The molecule has 1 amide bonds. The van der Waals surface area contributed by atoms with Gasteiger partial charge in [0, 0.05) is 13.1 Å². The third-order valence-corrected chi connectivity index (χ3v) is 4.70. The van der Waals surface area contributed by atoms with Gasteiger partial charge in [0.1, 0.15) is 5.82 Å². The Morgan fingerprint density at radius 2 is 2.00 bits per heavy atom. The predicted octanol–water partition coefficient (Wildman–Crippen LogP) is 3.20. The molecule has 1 aromatic carbocycles. The lowest BCUT2D eigenvalue weighted by Crippen LogP contribution is -2.46. The van der Waals surface area contributed by atoms with Crippen LogP contribution >= 0.6 is 11.6 Å². The summed E-state index contributed by atoms with van der Waals surface area (Å²) in [6, 6.07) is 4.11. The summed E-state index contributed by atoms with van der Waals surface area (Å²) in [5, 5.41) is 9.15. The normalized spacial score (nSPS) is 17.6. The molecule has 1 aromatic rings. The molecule has 0 radical (unpaired) electrons. The summed E-state index contributed by atoms with van der Waals surface area (Å²) in [5.74, 6) is -1.80. The van der Waals surface area contributed by atoms with E-state index in [-0.39, 0.29) is 16.5 Å². The van der Waals surface area contributed by atoms with Gasteiger partial charge in [-0.15, -0.1) is 0 Å². The molecular weight excluding hydrogens is 297 g/mol. The van der Waals surface area contributed by atoms with Gasteiger partial charge in [-0.3, -0.25) is 9.59 Å². The molecule has 1 saturated heterocycles. The first-order chi connectivity index (χ1) is 9.91. The van der Waals surface area contributed by atoms with Crippen LogP contribution in [0, 0.1) is 11.2 Å². The van der Waals surface area contributed by atoms with Crippen molar-refractivity contribution in [3.8, 4) is 0 Å². The number of amides is 1. The van der Waals surface area contributed by atoms with Crippen molar-refractivity contribution in [2.75, 3.05) is 13.1 Å². The Balaban J connectivity index is 2.14. The first kappa shape index (κ1) is 15.8. The maximum Gasteiger partial charge on any atom is 0.309 e. The molecule has 0 spiro atoms. The Hall–Kier alpha value is -1.62. The number of carbonyl (C=O) groups excluding carboxylic acids is 1. The molecule has 0 saturated carbocycles. The first-order valence-corrected chi connectivity index (χ1v) is 7.26. The topological polar surface area (TPSA) is 57.6 Å². The van der Waals surface area contributed by atoms with Gasteiger partial charge >= 0.3 is 5.97 Å². The Labute approximate surface area is 127 Å². The molecular formula is C15H17ClFNO3. The molecule has 0 atom stereocenters. The second-order valence-electron chi connectivity index (χ2n) is 5.33. The first-order valence-electron chi connectivity index (χ1n) is 6.88. The number of nitrogens with zero attached hydrogens (tertiary/aromatic N) is 1. The van der Waals surface area contributed by atoms with E-state index in [1.807, 2.05) is 6.92 Å². The largest absolute Gasteiger partial charge is 0.481 e. The molecule has 1 fully saturated rings. The van der Waals surface area contributed by atoms with Crippen LogP contribution in [-0.4, -0.2) is 35.0 Å². The summed E-state index contributed by atoms with van der Waals surface area (Å²) in [6.45, 7) is 2.52. The summed E-state index contributed by atoms with van der Waals surface area (Å²) in [6.07, 6.45) is 1.33. The van der Waals surface area contributed by atoms with Crippen LogP contribution in [0.1, 0.15) is 36.5 Å². The Bertz CT molecular complexity index is 568. The quantitative estimate of drug-likeness (QED) is 0.932. The smallest absolute Gasteiger partial charge is 0.309 e. The summed E-state index contributed by atoms with van der Waals surface area (Å²) < 4.78 is 13.4. The fourth-order valence-corrected chi connectivity index (χ4v) is 2.90. The van der Waals surface area contributed by atoms with Gasteiger partial charge in [-0.1, -0.05) is 24.6 Å². The number of hydrogen-bond donors (Lipinski definition) is 1. The third-order valence-electron chi connectivity index (χ3n) is 4.32. The molecule has 0 unspecified atom stereocenters. The van der Waals surface area contributed by atoms with Crippen LogP contribution in [0.5, 0.6) is 0 Å². The lowest BCUT2D eigenvalue weighted by molar-refractivity contribution is -0.152. The molecule has 1 heterocycles. The highest BCUT2D eigenvalue weighted by Gasteiger charge is 2.41. The molecule has 6 heteroatoms. The Morgan fingerprint density at radius 1 is 1.38 bits per heavy atom. The highest BCUT2D eigenvalue weighted by molar-refractivity contribution is 6.34. The number of carboxylic acids is 1. The van der Waals surface area contributed by atoms with Gasteiger partial charge in [0.2, 0.25) is 0 Å². The molecule has 1 aliphatic rings. The number of carboxylic acid groups (broad SMARTS) is 1. The molecule has 21 heavy (non-hydrogen) atoms. The van der Waals surface area contributed by atoms with Crippen LogP contribution in [0.25, 0.3) is 0 Å². The number of rotatable bonds is 3. The van der Waals surface area contributed by atoms with Crippen molar-refractivity contribution in [1.82, 2.24) is 4.90 Å². The molecule has 2 rings (SSSR count). The number of likely N-dealkylation sites (tertiary alicyclic amines) is 1.